The lowest BCUT2D eigenvalue weighted by Gasteiger charge is -2.48. The van der Waals surface area contributed by atoms with E-state index in [1.165, 1.54) is 5.38 Å². The van der Waals surface area contributed by atoms with Crippen molar-refractivity contribution in [2.45, 2.75) is 31.4 Å². The summed E-state index contributed by atoms with van der Waals surface area (Å²) < 4.78 is 10.3. The molecule has 0 radical (unpaired) electrons. The van der Waals surface area contributed by atoms with Crippen molar-refractivity contribution in [1.82, 2.24) is 15.2 Å². The normalized spacial score (nSPS) is 19.4. The summed E-state index contributed by atoms with van der Waals surface area (Å²) in [7, 11) is 0. The summed E-state index contributed by atoms with van der Waals surface area (Å²) in [6, 6.07) is -1.13. The van der Waals surface area contributed by atoms with E-state index in [-0.39, 0.29) is 28.4 Å². The fourth-order valence-corrected chi connectivity index (χ4v) is 4.93. The van der Waals surface area contributed by atoms with E-state index < -0.39 is 65.8 Å². The minimum Gasteiger partial charge on any atom is -0.483 e. The molecule has 3 heterocycles. The van der Waals surface area contributed by atoms with Crippen LogP contribution in [0.25, 0.3) is 0 Å². The number of carboxylic acids is 2. The van der Waals surface area contributed by atoms with Crippen molar-refractivity contribution in [2.75, 3.05) is 24.7 Å². The highest BCUT2D eigenvalue weighted by Crippen LogP contribution is 2.40. The number of esters is 1. The van der Waals surface area contributed by atoms with Crippen LogP contribution in [0.3, 0.4) is 0 Å². The van der Waals surface area contributed by atoms with Crippen LogP contribution < -0.4 is 11.1 Å². The lowest BCUT2D eigenvalue weighted by Crippen LogP contribution is -2.71. The molecule has 194 valence electrons. The number of amides is 2. The molecule has 0 bridgehead atoms. The van der Waals surface area contributed by atoms with Gasteiger partial charge in [-0.05, 0) is 13.8 Å². The highest BCUT2D eigenvalue weighted by Gasteiger charge is 2.55. The number of hydrogen-bond donors (Lipinski definition) is 4. The van der Waals surface area contributed by atoms with Crippen molar-refractivity contribution in [3.8, 4) is 0 Å². The maximum Gasteiger partial charge on any atom is 0.356 e. The minimum absolute atomic E-state index is 0.00268. The lowest BCUT2D eigenvalue weighted by atomic mass is 10.0. The van der Waals surface area contributed by atoms with Crippen molar-refractivity contribution in [2.24, 2.45) is 5.16 Å². The number of fused-ring (bicyclic) bond motifs is 1. The van der Waals surface area contributed by atoms with Crippen LogP contribution >= 0.6 is 23.1 Å². The van der Waals surface area contributed by atoms with Crippen molar-refractivity contribution in [3.05, 3.63) is 22.5 Å². The van der Waals surface area contributed by atoms with Crippen molar-refractivity contribution in [1.29, 1.82) is 0 Å². The van der Waals surface area contributed by atoms with E-state index in [2.05, 4.69) is 20.3 Å². The number of aliphatic carboxylic acids is 2. The number of oxime groups is 1. The van der Waals surface area contributed by atoms with Gasteiger partial charge in [-0.3, -0.25) is 14.5 Å². The third-order valence-electron chi connectivity index (χ3n) is 4.48. The summed E-state index contributed by atoms with van der Waals surface area (Å²) in [6.07, 6.45) is -0.385. The van der Waals surface area contributed by atoms with Gasteiger partial charge in [-0.15, -0.1) is 23.1 Å². The molecule has 36 heavy (non-hydrogen) atoms. The number of thiazole rings is 1. The average Bonchev–Trinajstić information content (AvgIpc) is 3.22. The molecule has 1 aromatic heterocycles. The van der Waals surface area contributed by atoms with E-state index in [1.807, 2.05) is 0 Å². The number of thioether (sulfide) groups is 1. The van der Waals surface area contributed by atoms with E-state index in [0.717, 1.165) is 28.0 Å². The molecule has 2 atom stereocenters. The first kappa shape index (κ1) is 26.7. The zero-order valence-corrected chi connectivity index (χ0v) is 20.5. The number of β-lactam (4-membered cyclic amide) rings is 1. The molecule has 2 aliphatic heterocycles. The number of ether oxygens (including phenoxy) is 2. The molecule has 17 heteroatoms. The quantitative estimate of drug-likeness (QED) is 0.116. The monoisotopic (exact) mass is 543 g/mol. The topological polar surface area (TPSA) is 220 Å². The van der Waals surface area contributed by atoms with E-state index >= 15 is 0 Å². The number of nitrogens with one attached hydrogen (secondary N) is 1. The number of nitrogens with zero attached hydrogens (tertiary/aromatic N) is 3. The third kappa shape index (κ3) is 6.03. The Hall–Kier alpha value is -3.86. The molecule has 0 spiro atoms. The molecule has 1 aromatic rings. The third-order valence-corrected chi connectivity index (χ3v) is 6.40. The average molecular weight is 544 g/mol. The first-order valence-electron chi connectivity index (χ1n) is 10.2. The molecule has 15 nitrogen and oxygen atoms in total. The molecule has 5 N–H and O–H groups in total. The second-order valence-electron chi connectivity index (χ2n) is 7.44. The molecule has 2 amide bonds. The number of rotatable bonds is 11. The van der Waals surface area contributed by atoms with Gasteiger partial charge in [0.2, 0.25) is 6.61 Å². The first-order valence-corrected chi connectivity index (χ1v) is 12.1. The van der Waals surface area contributed by atoms with Gasteiger partial charge in [-0.2, -0.15) is 0 Å². The van der Waals surface area contributed by atoms with Crippen molar-refractivity contribution >= 4 is 63.7 Å². The van der Waals surface area contributed by atoms with Crippen molar-refractivity contribution in [3.63, 3.8) is 0 Å². The standard InChI is InChI=1S/C19H21N5O10S2/c1-7(2)34-11(27)4-32-9-6-35-17-13(16(29)24(17)14(9)18(30)31)22-15(28)12(23-33-3-10(25)26)8-5-36-19(20)21-8/h5,7,13,17H,3-4,6H2,1-2H3,(H2,20,21)(H,22,28)(H,25,26)(H,30,31)/b23-12-/t13-,17-/m1/s1. The summed E-state index contributed by atoms with van der Waals surface area (Å²) >= 11 is 2.10. The van der Waals surface area contributed by atoms with E-state index in [1.54, 1.807) is 13.8 Å². The number of anilines is 1. The van der Waals surface area contributed by atoms with Crippen LogP contribution in [0.2, 0.25) is 0 Å². The molecule has 0 unspecified atom stereocenters. The predicted molar refractivity (Wildman–Crippen MR) is 124 cm³/mol. The van der Waals surface area contributed by atoms with Crippen LogP contribution in [0.15, 0.2) is 22.0 Å². The molecular weight excluding hydrogens is 522 g/mol. The number of nitrogen functional groups attached to an aromatic ring is 1. The Kier molecular flexibility index (Phi) is 8.36. The highest BCUT2D eigenvalue weighted by molar-refractivity contribution is 8.00. The second-order valence-corrected chi connectivity index (χ2v) is 9.44. The maximum absolute atomic E-state index is 12.9. The first-order chi connectivity index (χ1) is 17.0. The molecule has 1 saturated heterocycles. The van der Waals surface area contributed by atoms with Gasteiger partial charge in [-0.1, -0.05) is 5.16 Å². The second kappa shape index (κ2) is 11.3. The van der Waals surface area contributed by atoms with Gasteiger partial charge in [0, 0.05) is 5.38 Å². The Labute approximate surface area is 211 Å². The van der Waals surface area contributed by atoms with Gasteiger partial charge in [0.25, 0.3) is 11.8 Å². The van der Waals surface area contributed by atoms with Crippen LogP contribution in [-0.2, 0) is 38.3 Å². The number of carbonyl (C=O) groups excluding carboxylic acids is 3. The van der Waals surface area contributed by atoms with Crippen LogP contribution in [-0.4, -0.2) is 92.0 Å². The Morgan fingerprint density at radius 2 is 2.03 bits per heavy atom. The van der Waals surface area contributed by atoms with Crippen LogP contribution in [0.4, 0.5) is 5.13 Å². The van der Waals surface area contributed by atoms with Crippen LogP contribution in [0.5, 0.6) is 0 Å². The molecule has 0 aliphatic carbocycles. The molecule has 2 aliphatic rings. The highest BCUT2D eigenvalue weighted by atomic mass is 32.2. The van der Waals surface area contributed by atoms with Gasteiger partial charge >= 0.3 is 17.9 Å². The van der Waals surface area contributed by atoms with Gasteiger partial charge < -0.3 is 35.6 Å². The van der Waals surface area contributed by atoms with Gasteiger partial charge in [-0.25, -0.2) is 19.4 Å². The Bertz CT molecular complexity index is 1150. The number of carbonyl (C=O) groups is 5. The van der Waals surface area contributed by atoms with Gasteiger partial charge in [0.1, 0.15) is 22.9 Å². The van der Waals surface area contributed by atoms with E-state index in [4.69, 9.17) is 20.3 Å². The summed E-state index contributed by atoms with van der Waals surface area (Å²) in [4.78, 5) is 69.5. The van der Waals surface area contributed by atoms with Gasteiger partial charge in [0.05, 0.1) is 11.9 Å². The summed E-state index contributed by atoms with van der Waals surface area (Å²) in [5.74, 6) is -5.23. The Balaban J connectivity index is 1.74. The number of aromatic nitrogens is 1. The fraction of sp³-hybridized carbons (Fsp3) is 0.421. The molecular formula is C19H21N5O10S2. The zero-order chi connectivity index (χ0) is 26.6. The van der Waals surface area contributed by atoms with E-state index in [9.17, 15) is 29.1 Å². The van der Waals surface area contributed by atoms with Crippen LogP contribution in [0, 0.1) is 0 Å². The zero-order valence-electron chi connectivity index (χ0n) is 18.8. The number of nitrogens with two attached hydrogens (primary N) is 1. The smallest absolute Gasteiger partial charge is 0.356 e. The van der Waals surface area contributed by atoms with Gasteiger partial charge in [0.15, 0.2) is 23.1 Å². The largest absolute Gasteiger partial charge is 0.483 e. The maximum atomic E-state index is 12.9. The molecule has 1 fully saturated rings. The molecule has 0 saturated carbocycles. The number of hydrogen-bond acceptors (Lipinski definition) is 13. The SMILES string of the molecule is CC(C)OC(=O)COC1=C(C(=O)O)N2C(=O)[C@@H](NC(=O)/C(=N\OCC(=O)O)c3csc(N)n3)[C@H]2SC1. The lowest BCUT2D eigenvalue weighted by molar-refractivity contribution is -0.153. The minimum atomic E-state index is -1.45. The van der Waals surface area contributed by atoms with Crippen LogP contribution in [0.1, 0.15) is 19.5 Å². The number of carboxylic acid groups (broad SMARTS) is 2. The summed E-state index contributed by atoms with van der Waals surface area (Å²) in [5, 5.41) is 25.1. The summed E-state index contributed by atoms with van der Waals surface area (Å²) in [6.45, 7) is 1.92. The van der Waals surface area contributed by atoms with E-state index in [0.29, 0.717) is 0 Å². The molecule has 0 aromatic carbocycles. The predicted octanol–water partition coefficient (Wildman–Crippen LogP) is -0.805. The van der Waals surface area contributed by atoms with Crippen molar-refractivity contribution < 1.29 is 48.5 Å². The fourth-order valence-electron chi connectivity index (χ4n) is 3.11. The summed E-state index contributed by atoms with van der Waals surface area (Å²) in [5.41, 5.74) is 4.72. The Morgan fingerprint density at radius 1 is 1.31 bits per heavy atom. The Morgan fingerprint density at radius 3 is 2.61 bits per heavy atom. The molecule has 3 rings (SSSR count).